The molecule has 2 rings (SSSR count). The SMILES string of the molecule is CC(c1cccc(Cl)c1)N(C)C1CCCCC1N. The van der Waals surface area contributed by atoms with Gasteiger partial charge < -0.3 is 5.73 Å². The van der Waals surface area contributed by atoms with Crippen LogP contribution in [0.1, 0.15) is 44.2 Å². The minimum Gasteiger partial charge on any atom is -0.326 e. The number of hydrogen-bond acceptors (Lipinski definition) is 2. The van der Waals surface area contributed by atoms with Crippen LogP contribution < -0.4 is 5.73 Å². The Morgan fingerprint density at radius 1 is 1.33 bits per heavy atom. The van der Waals surface area contributed by atoms with Gasteiger partial charge in [0, 0.05) is 23.1 Å². The number of nitrogens with two attached hydrogens (primary N) is 1. The molecule has 18 heavy (non-hydrogen) atoms. The van der Waals surface area contributed by atoms with Crippen LogP contribution in [0.3, 0.4) is 0 Å². The molecule has 0 aromatic heterocycles. The minimum atomic E-state index is 0.311. The van der Waals surface area contributed by atoms with Gasteiger partial charge in [-0.3, -0.25) is 4.90 Å². The topological polar surface area (TPSA) is 29.3 Å². The average molecular weight is 267 g/mol. The molecule has 1 aliphatic carbocycles. The number of hydrogen-bond donors (Lipinski definition) is 1. The molecule has 3 heteroatoms. The van der Waals surface area contributed by atoms with Crippen molar-refractivity contribution in [2.45, 2.75) is 50.7 Å². The summed E-state index contributed by atoms with van der Waals surface area (Å²) < 4.78 is 0. The predicted molar refractivity (Wildman–Crippen MR) is 77.9 cm³/mol. The van der Waals surface area contributed by atoms with Gasteiger partial charge in [-0.1, -0.05) is 36.6 Å². The first kappa shape index (κ1) is 13.9. The summed E-state index contributed by atoms with van der Waals surface area (Å²) in [6.07, 6.45) is 4.93. The third kappa shape index (κ3) is 3.05. The molecule has 1 fully saturated rings. The van der Waals surface area contributed by atoms with Crippen LogP contribution in [0.4, 0.5) is 0 Å². The maximum absolute atomic E-state index is 6.26. The summed E-state index contributed by atoms with van der Waals surface area (Å²) >= 11 is 6.06. The van der Waals surface area contributed by atoms with Crippen LogP contribution in [0, 0.1) is 0 Å². The monoisotopic (exact) mass is 266 g/mol. The molecule has 3 unspecified atom stereocenters. The van der Waals surface area contributed by atoms with Crippen molar-refractivity contribution < 1.29 is 0 Å². The summed E-state index contributed by atoms with van der Waals surface area (Å²) in [6, 6.07) is 9.29. The van der Waals surface area contributed by atoms with E-state index >= 15 is 0 Å². The van der Waals surface area contributed by atoms with Crippen LogP contribution in [0.25, 0.3) is 0 Å². The fraction of sp³-hybridized carbons (Fsp3) is 0.600. The molecule has 100 valence electrons. The lowest BCUT2D eigenvalue weighted by Gasteiger charge is -2.39. The van der Waals surface area contributed by atoms with Crippen LogP contribution in [0.5, 0.6) is 0 Å². The van der Waals surface area contributed by atoms with Crippen LogP contribution in [0.15, 0.2) is 24.3 Å². The normalized spacial score (nSPS) is 26.3. The van der Waals surface area contributed by atoms with E-state index in [4.69, 9.17) is 17.3 Å². The molecular formula is C15H23ClN2. The van der Waals surface area contributed by atoms with E-state index in [0.717, 1.165) is 11.4 Å². The van der Waals surface area contributed by atoms with Gasteiger partial charge in [0.2, 0.25) is 0 Å². The van der Waals surface area contributed by atoms with Crippen molar-refractivity contribution in [3.05, 3.63) is 34.9 Å². The van der Waals surface area contributed by atoms with Gasteiger partial charge in [0.25, 0.3) is 0 Å². The van der Waals surface area contributed by atoms with E-state index in [1.807, 2.05) is 12.1 Å². The van der Waals surface area contributed by atoms with Crippen LogP contribution in [0.2, 0.25) is 5.02 Å². The largest absolute Gasteiger partial charge is 0.326 e. The highest BCUT2D eigenvalue weighted by molar-refractivity contribution is 6.30. The fourth-order valence-electron chi connectivity index (χ4n) is 2.93. The number of likely N-dealkylation sites (N-methyl/N-ethyl adjacent to an activating group) is 1. The van der Waals surface area contributed by atoms with E-state index in [1.165, 1.54) is 24.8 Å². The molecule has 2 N–H and O–H groups in total. The van der Waals surface area contributed by atoms with E-state index in [9.17, 15) is 0 Å². The first-order valence-corrected chi connectivity index (χ1v) is 7.20. The third-order valence-electron chi connectivity index (χ3n) is 4.25. The zero-order chi connectivity index (χ0) is 13.1. The van der Waals surface area contributed by atoms with Gasteiger partial charge >= 0.3 is 0 Å². The Hall–Kier alpha value is -0.570. The lowest BCUT2D eigenvalue weighted by atomic mass is 9.89. The number of halogens is 1. The molecule has 0 radical (unpaired) electrons. The highest BCUT2D eigenvalue weighted by Gasteiger charge is 2.28. The molecule has 1 aromatic carbocycles. The van der Waals surface area contributed by atoms with Gasteiger partial charge in [-0.25, -0.2) is 0 Å². The summed E-state index contributed by atoms with van der Waals surface area (Å²) in [4.78, 5) is 2.41. The zero-order valence-electron chi connectivity index (χ0n) is 11.3. The Balaban J connectivity index is 2.10. The van der Waals surface area contributed by atoms with E-state index in [2.05, 4.69) is 31.0 Å². The predicted octanol–water partition coefficient (Wildman–Crippen LogP) is 3.60. The zero-order valence-corrected chi connectivity index (χ0v) is 12.0. The maximum atomic E-state index is 6.26. The van der Waals surface area contributed by atoms with Crippen molar-refractivity contribution in [2.24, 2.45) is 5.73 Å². The third-order valence-corrected chi connectivity index (χ3v) is 4.48. The second-order valence-corrected chi connectivity index (χ2v) is 5.85. The van der Waals surface area contributed by atoms with Gasteiger partial charge in [-0.2, -0.15) is 0 Å². The summed E-state index contributed by atoms with van der Waals surface area (Å²) in [5.74, 6) is 0. The fourth-order valence-corrected chi connectivity index (χ4v) is 3.13. The molecule has 0 aliphatic heterocycles. The maximum Gasteiger partial charge on any atom is 0.0409 e. The Morgan fingerprint density at radius 2 is 2.06 bits per heavy atom. The van der Waals surface area contributed by atoms with Crippen LogP contribution in [-0.2, 0) is 0 Å². The molecule has 0 amide bonds. The molecule has 3 atom stereocenters. The van der Waals surface area contributed by atoms with Gasteiger partial charge in [0.15, 0.2) is 0 Å². The highest BCUT2D eigenvalue weighted by Crippen LogP contribution is 2.29. The molecule has 0 saturated heterocycles. The van der Waals surface area contributed by atoms with Crippen molar-refractivity contribution in [3.8, 4) is 0 Å². The van der Waals surface area contributed by atoms with Gasteiger partial charge in [-0.15, -0.1) is 0 Å². The quantitative estimate of drug-likeness (QED) is 0.906. The molecule has 1 aromatic rings. The Labute approximate surface area is 115 Å². The molecular weight excluding hydrogens is 244 g/mol. The summed E-state index contributed by atoms with van der Waals surface area (Å²) in [5.41, 5.74) is 7.52. The number of rotatable bonds is 3. The number of benzene rings is 1. The Bertz CT molecular complexity index is 394. The smallest absolute Gasteiger partial charge is 0.0409 e. The molecule has 1 aliphatic rings. The molecule has 2 nitrogen and oxygen atoms in total. The first-order chi connectivity index (χ1) is 8.59. The molecule has 0 heterocycles. The molecule has 0 spiro atoms. The van der Waals surface area contributed by atoms with Gasteiger partial charge in [0.05, 0.1) is 0 Å². The first-order valence-electron chi connectivity index (χ1n) is 6.82. The second-order valence-electron chi connectivity index (χ2n) is 5.41. The standard InChI is InChI=1S/C15H23ClN2/c1-11(12-6-5-7-13(16)10-12)18(2)15-9-4-3-8-14(15)17/h5-7,10-11,14-15H,3-4,8-9,17H2,1-2H3. The van der Waals surface area contributed by atoms with E-state index in [0.29, 0.717) is 18.1 Å². The minimum absolute atomic E-state index is 0.311. The van der Waals surface area contributed by atoms with E-state index in [1.54, 1.807) is 0 Å². The van der Waals surface area contributed by atoms with Crippen molar-refractivity contribution in [1.82, 2.24) is 4.90 Å². The highest BCUT2D eigenvalue weighted by atomic mass is 35.5. The summed E-state index contributed by atoms with van der Waals surface area (Å²) in [7, 11) is 2.18. The summed E-state index contributed by atoms with van der Waals surface area (Å²) in [6.45, 7) is 2.23. The Morgan fingerprint density at radius 3 is 2.72 bits per heavy atom. The summed E-state index contributed by atoms with van der Waals surface area (Å²) in [5, 5.41) is 0.806. The van der Waals surface area contributed by atoms with E-state index < -0.39 is 0 Å². The van der Waals surface area contributed by atoms with Crippen molar-refractivity contribution in [3.63, 3.8) is 0 Å². The van der Waals surface area contributed by atoms with Crippen molar-refractivity contribution >= 4 is 11.6 Å². The molecule has 1 saturated carbocycles. The van der Waals surface area contributed by atoms with Gasteiger partial charge in [0.1, 0.15) is 0 Å². The van der Waals surface area contributed by atoms with Gasteiger partial charge in [-0.05, 0) is 44.5 Å². The lowest BCUT2D eigenvalue weighted by molar-refractivity contribution is 0.128. The van der Waals surface area contributed by atoms with E-state index in [-0.39, 0.29) is 0 Å². The van der Waals surface area contributed by atoms with Crippen LogP contribution in [-0.4, -0.2) is 24.0 Å². The molecule has 0 bridgehead atoms. The van der Waals surface area contributed by atoms with Crippen LogP contribution >= 0.6 is 11.6 Å². The van der Waals surface area contributed by atoms with Crippen molar-refractivity contribution in [1.29, 1.82) is 0 Å². The lowest BCUT2D eigenvalue weighted by Crippen LogP contribution is -2.48. The Kier molecular flexibility index (Phi) is 4.66. The average Bonchev–Trinajstić information content (AvgIpc) is 2.37. The van der Waals surface area contributed by atoms with Crippen molar-refractivity contribution in [2.75, 3.05) is 7.05 Å². The number of nitrogens with zero attached hydrogens (tertiary/aromatic N) is 1. The second kappa shape index (κ2) is 6.05.